The summed E-state index contributed by atoms with van der Waals surface area (Å²) in [5.41, 5.74) is 1.23. The number of rotatable bonds is 4. The van der Waals surface area contributed by atoms with Crippen molar-refractivity contribution in [3.05, 3.63) is 53.9 Å². The molecule has 6 heteroatoms. The highest BCUT2D eigenvalue weighted by Crippen LogP contribution is 2.26. The zero-order chi connectivity index (χ0) is 16.9. The minimum absolute atomic E-state index is 0.0709. The van der Waals surface area contributed by atoms with Gasteiger partial charge in [-0.2, -0.15) is 0 Å². The van der Waals surface area contributed by atoms with E-state index in [1.54, 1.807) is 4.90 Å². The first kappa shape index (κ1) is 16.3. The van der Waals surface area contributed by atoms with Crippen molar-refractivity contribution >= 4 is 5.91 Å². The van der Waals surface area contributed by atoms with Crippen LogP contribution in [0, 0.1) is 0 Å². The first-order chi connectivity index (χ1) is 11.6. The molecule has 0 bridgehead atoms. The smallest absolute Gasteiger partial charge is 0.272 e. The zero-order valence-corrected chi connectivity index (χ0v) is 13.7. The standard InChI is InChI=1S/C18H21N3O3/c1-20-7-9-21(10-8-20)18(23)15-11-16(22)17(12-19-15)24-13-14-5-3-2-4-6-14/h2-6,11-12H,7-10,13H2,1H3,(H,19,22). The van der Waals surface area contributed by atoms with Gasteiger partial charge in [0.15, 0.2) is 11.5 Å². The summed E-state index contributed by atoms with van der Waals surface area (Å²) in [4.78, 5) is 20.5. The Bertz CT molecular complexity index is 698. The number of amides is 1. The Morgan fingerprint density at radius 1 is 1.21 bits per heavy atom. The second-order valence-electron chi connectivity index (χ2n) is 5.91. The van der Waals surface area contributed by atoms with Crippen LogP contribution in [0.3, 0.4) is 0 Å². The fraction of sp³-hybridized carbons (Fsp3) is 0.333. The lowest BCUT2D eigenvalue weighted by Crippen LogP contribution is -2.47. The van der Waals surface area contributed by atoms with Crippen LogP contribution in [0.1, 0.15) is 16.1 Å². The topological polar surface area (TPSA) is 65.9 Å². The third-order valence-corrected chi connectivity index (χ3v) is 4.09. The highest BCUT2D eigenvalue weighted by atomic mass is 16.5. The zero-order valence-electron chi connectivity index (χ0n) is 13.7. The predicted octanol–water partition coefficient (Wildman–Crippen LogP) is 1.75. The van der Waals surface area contributed by atoms with Gasteiger partial charge < -0.3 is 19.6 Å². The first-order valence-electron chi connectivity index (χ1n) is 7.97. The van der Waals surface area contributed by atoms with Gasteiger partial charge in [-0.25, -0.2) is 4.98 Å². The summed E-state index contributed by atoms with van der Waals surface area (Å²) in [6.45, 7) is 3.36. The monoisotopic (exact) mass is 327 g/mol. The lowest BCUT2D eigenvalue weighted by Gasteiger charge is -2.32. The van der Waals surface area contributed by atoms with Gasteiger partial charge in [0, 0.05) is 32.2 Å². The summed E-state index contributed by atoms with van der Waals surface area (Å²) in [5, 5.41) is 10.1. The molecule has 1 amide bonds. The van der Waals surface area contributed by atoms with Crippen LogP contribution in [0.4, 0.5) is 0 Å². The van der Waals surface area contributed by atoms with Gasteiger partial charge in [-0.1, -0.05) is 30.3 Å². The minimum atomic E-state index is -0.159. The van der Waals surface area contributed by atoms with Gasteiger partial charge in [0.2, 0.25) is 0 Å². The summed E-state index contributed by atoms with van der Waals surface area (Å²) in [6.07, 6.45) is 1.40. The van der Waals surface area contributed by atoms with Gasteiger partial charge in [-0.3, -0.25) is 4.79 Å². The van der Waals surface area contributed by atoms with Crippen molar-refractivity contribution in [2.45, 2.75) is 6.61 Å². The number of nitrogens with zero attached hydrogens (tertiary/aromatic N) is 3. The Labute approximate surface area is 141 Å². The van der Waals surface area contributed by atoms with E-state index >= 15 is 0 Å². The van der Waals surface area contributed by atoms with Crippen molar-refractivity contribution in [3.8, 4) is 11.5 Å². The number of pyridine rings is 1. The molecule has 2 aromatic rings. The molecule has 0 unspecified atom stereocenters. The van der Waals surface area contributed by atoms with E-state index in [4.69, 9.17) is 4.74 Å². The molecule has 0 atom stereocenters. The molecule has 0 spiro atoms. The van der Waals surface area contributed by atoms with Crippen LogP contribution in [-0.2, 0) is 6.61 Å². The van der Waals surface area contributed by atoms with Gasteiger partial charge >= 0.3 is 0 Å². The predicted molar refractivity (Wildman–Crippen MR) is 90.1 cm³/mol. The summed E-state index contributed by atoms with van der Waals surface area (Å²) in [6, 6.07) is 11.0. The van der Waals surface area contributed by atoms with E-state index in [2.05, 4.69) is 9.88 Å². The second kappa shape index (κ2) is 7.31. The summed E-state index contributed by atoms with van der Waals surface area (Å²) in [5.74, 6) is 0.0419. The molecule has 24 heavy (non-hydrogen) atoms. The molecule has 1 N–H and O–H groups in total. The van der Waals surface area contributed by atoms with Crippen molar-refractivity contribution in [2.24, 2.45) is 0 Å². The lowest BCUT2D eigenvalue weighted by molar-refractivity contribution is 0.0657. The molecule has 6 nitrogen and oxygen atoms in total. The van der Waals surface area contributed by atoms with Crippen LogP contribution >= 0.6 is 0 Å². The average Bonchev–Trinajstić information content (AvgIpc) is 2.61. The fourth-order valence-corrected chi connectivity index (χ4v) is 2.57. The Hall–Kier alpha value is -2.60. The van der Waals surface area contributed by atoms with E-state index in [9.17, 15) is 9.90 Å². The van der Waals surface area contributed by atoms with Crippen molar-refractivity contribution in [2.75, 3.05) is 33.2 Å². The largest absolute Gasteiger partial charge is 0.504 e. The number of piperazine rings is 1. The molecule has 1 fully saturated rings. The summed E-state index contributed by atoms with van der Waals surface area (Å²) in [7, 11) is 2.03. The number of carbonyl (C=O) groups excluding carboxylic acids is 1. The van der Waals surface area contributed by atoms with Crippen LogP contribution in [-0.4, -0.2) is 59.0 Å². The number of aromatic nitrogens is 1. The van der Waals surface area contributed by atoms with E-state index in [1.165, 1.54) is 12.3 Å². The van der Waals surface area contributed by atoms with E-state index in [-0.39, 0.29) is 23.1 Å². The number of benzene rings is 1. The van der Waals surface area contributed by atoms with Crippen LogP contribution in [0.2, 0.25) is 0 Å². The van der Waals surface area contributed by atoms with Crippen molar-refractivity contribution in [1.82, 2.24) is 14.8 Å². The molecule has 1 aromatic carbocycles. The third-order valence-electron chi connectivity index (χ3n) is 4.09. The van der Waals surface area contributed by atoms with Gasteiger partial charge in [0.1, 0.15) is 12.3 Å². The maximum atomic E-state index is 12.4. The van der Waals surface area contributed by atoms with Crippen molar-refractivity contribution < 1.29 is 14.6 Å². The molecular weight excluding hydrogens is 306 g/mol. The number of aromatic hydroxyl groups is 1. The normalized spacial score (nSPS) is 15.3. The summed E-state index contributed by atoms with van der Waals surface area (Å²) < 4.78 is 5.57. The van der Waals surface area contributed by atoms with Crippen LogP contribution in [0.25, 0.3) is 0 Å². The number of ether oxygens (including phenoxy) is 1. The van der Waals surface area contributed by atoms with E-state index in [0.717, 1.165) is 18.7 Å². The van der Waals surface area contributed by atoms with Gasteiger partial charge in [0.25, 0.3) is 5.91 Å². The molecule has 126 valence electrons. The van der Waals surface area contributed by atoms with Crippen molar-refractivity contribution in [3.63, 3.8) is 0 Å². The lowest BCUT2D eigenvalue weighted by atomic mass is 10.2. The second-order valence-corrected chi connectivity index (χ2v) is 5.91. The Morgan fingerprint density at radius 3 is 2.58 bits per heavy atom. The Balaban J connectivity index is 1.64. The molecule has 1 aromatic heterocycles. The fourth-order valence-electron chi connectivity index (χ4n) is 2.57. The molecule has 0 saturated carbocycles. The molecule has 0 aliphatic carbocycles. The Morgan fingerprint density at radius 2 is 1.92 bits per heavy atom. The SMILES string of the molecule is CN1CCN(C(=O)c2cc(O)c(OCc3ccccc3)cn2)CC1. The van der Waals surface area contributed by atoms with Crippen LogP contribution in [0.5, 0.6) is 11.5 Å². The molecule has 1 aliphatic rings. The Kier molecular flexibility index (Phi) is 4.96. The highest BCUT2D eigenvalue weighted by Gasteiger charge is 2.22. The van der Waals surface area contributed by atoms with Crippen LogP contribution < -0.4 is 4.74 Å². The number of hydrogen-bond acceptors (Lipinski definition) is 5. The maximum Gasteiger partial charge on any atom is 0.272 e. The van der Waals surface area contributed by atoms with Crippen molar-refractivity contribution in [1.29, 1.82) is 0 Å². The molecule has 1 aliphatic heterocycles. The third kappa shape index (κ3) is 3.83. The van der Waals surface area contributed by atoms with E-state index < -0.39 is 0 Å². The van der Waals surface area contributed by atoms with E-state index in [1.807, 2.05) is 37.4 Å². The molecule has 3 rings (SSSR count). The maximum absolute atomic E-state index is 12.4. The summed E-state index contributed by atoms with van der Waals surface area (Å²) >= 11 is 0. The van der Waals surface area contributed by atoms with Crippen LogP contribution in [0.15, 0.2) is 42.6 Å². The minimum Gasteiger partial charge on any atom is -0.504 e. The number of hydrogen-bond donors (Lipinski definition) is 1. The molecular formula is C18H21N3O3. The highest BCUT2D eigenvalue weighted by molar-refractivity contribution is 5.93. The average molecular weight is 327 g/mol. The first-order valence-corrected chi connectivity index (χ1v) is 7.97. The van der Waals surface area contributed by atoms with E-state index in [0.29, 0.717) is 19.7 Å². The molecule has 0 radical (unpaired) electrons. The number of likely N-dealkylation sites (N-methyl/N-ethyl adjacent to an activating group) is 1. The van der Waals surface area contributed by atoms with Gasteiger partial charge in [-0.15, -0.1) is 0 Å². The molecule has 2 heterocycles. The quantitative estimate of drug-likeness (QED) is 0.927. The van der Waals surface area contributed by atoms with Gasteiger partial charge in [-0.05, 0) is 12.6 Å². The van der Waals surface area contributed by atoms with Gasteiger partial charge in [0.05, 0.1) is 6.20 Å². The molecule has 1 saturated heterocycles. The number of carbonyl (C=O) groups is 1.